The molecule has 0 aliphatic heterocycles. The van der Waals surface area contributed by atoms with E-state index in [0.717, 1.165) is 11.1 Å². The van der Waals surface area contributed by atoms with Crippen LogP contribution in [0.25, 0.3) is 5.69 Å². The van der Waals surface area contributed by atoms with E-state index < -0.39 is 17.6 Å². The molecule has 3 heterocycles. The summed E-state index contributed by atoms with van der Waals surface area (Å²) >= 11 is 0. The predicted octanol–water partition coefficient (Wildman–Crippen LogP) is 2.95. The normalized spacial score (nSPS) is 12.6. The van der Waals surface area contributed by atoms with E-state index in [-0.39, 0.29) is 30.1 Å². The molecule has 0 saturated carbocycles. The molecule has 0 saturated heterocycles. The maximum Gasteiger partial charge on any atom is 0.419 e. The largest absolute Gasteiger partial charge is 0.419 e. The van der Waals surface area contributed by atoms with Crippen molar-refractivity contribution in [2.24, 2.45) is 5.92 Å². The fourth-order valence-electron chi connectivity index (χ4n) is 2.88. The van der Waals surface area contributed by atoms with E-state index >= 15 is 0 Å². The number of nitrogens with zero attached hydrogens (tertiary/aromatic N) is 6. The van der Waals surface area contributed by atoms with E-state index in [2.05, 4.69) is 35.8 Å². The zero-order valence-electron chi connectivity index (χ0n) is 18.0. The summed E-state index contributed by atoms with van der Waals surface area (Å²) in [6.07, 6.45) is 1.53. The Hall–Kier alpha value is -3.57. The van der Waals surface area contributed by atoms with Crippen LogP contribution < -0.4 is 10.6 Å². The van der Waals surface area contributed by atoms with E-state index in [1.165, 1.54) is 17.2 Å². The quantitative estimate of drug-likeness (QED) is 0.572. The fraction of sp³-hybridized carbons (Fsp3) is 0.400. The van der Waals surface area contributed by atoms with Crippen LogP contribution in [-0.4, -0.2) is 48.4 Å². The summed E-state index contributed by atoms with van der Waals surface area (Å²) in [5, 5.41) is 14.0. The molecule has 1 atom stereocenters. The van der Waals surface area contributed by atoms with Crippen LogP contribution in [0.3, 0.4) is 0 Å². The van der Waals surface area contributed by atoms with Crippen LogP contribution >= 0.6 is 0 Å². The molecule has 0 aliphatic carbocycles. The Bertz CT molecular complexity index is 1070. The Labute approximate surface area is 182 Å². The van der Waals surface area contributed by atoms with Crippen LogP contribution in [0.4, 0.5) is 19.1 Å². The van der Waals surface area contributed by atoms with Crippen LogP contribution in [0.1, 0.15) is 41.0 Å². The molecule has 2 N–H and O–H groups in total. The minimum Gasteiger partial charge on any atom is -0.352 e. The van der Waals surface area contributed by atoms with E-state index in [1.807, 2.05) is 27.7 Å². The number of anilines is 1. The predicted molar refractivity (Wildman–Crippen MR) is 110 cm³/mol. The molecule has 0 radical (unpaired) electrons. The van der Waals surface area contributed by atoms with Crippen molar-refractivity contribution in [1.29, 1.82) is 0 Å². The molecule has 1 amide bonds. The highest BCUT2D eigenvalue weighted by atomic mass is 19.4. The van der Waals surface area contributed by atoms with Crippen molar-refractivity contribution in [3.63, 3.8) is 0 Å². The second-order valence-electron chi connectivity index (χ2n) is 7.58. The number of aryl methyl sites for hydroxylation is 1. The molecular weight excluding hydrogens is 425 g/mol. The van der Waals surface area contributed by atoms with Gasteiger partial charge in [-0.15, -0.1) is 4.80 Å². The maximum absolute atomic E-state index is 13.1. The van der Waals surface area contributed by atoms with Gasteiger partial charge in [0.1, 0.15) is 5.69 Å². The maximum atomic E-state index is 13.1. The van der Waals surface area contributed by atoms with Gasteiger partial charge >= 0.3 is 6.18 Å². The third kappa shape index (κ3) is 5.18. The number of aromatic nitrogens is 6. The van der Waals surface area contributed by atoms with Crippen LogP contribution in [0, 0.1) is 19.8 Å². The second-order valence-corrected chi connectivity index (χ2v) is 7.58. The number of nitrogens with one attached hydrogen (secondary N) is 2. The zero-order chi connectivity index (χ0) is 23.5. The molecule has 9 nitrogen and oxygen atoms in total. The summed E-state index contributed by atoms with van der Waals surface area (Å²) in [5.41, 5.74) is 1.42. The summed E-state index contributed by atoms with van der Waals surface area (Å²) in [6.45, 7) is 7.75. The summed E-state index contributed by atoms with van der Waals surface area (Å²) in [4.78, 5) is 26.1. The number of carbonyl (C=O) groups is 1. The molecule has 0 fully saturated rings. The van der Waals surface area contributed by atoms with Gasteiger partial charge in [0.15, 0.2) is 5.69 Å². The van der Waals surface area contributed by atoms with E-state index in [1.54, 1.807) is 6.20 Å². The van der Waals surface area contributed by atoms with Crippen molar-refractivity contribution < 1.29 is 18.0 Å². The van der Waals surface area contributed by atoms with Gasteiger partial charge in [-0.2, -0.15) is 23.4 Å². The first-order valence-corrected chi connectivity index (χ1v) is 9.84. The number of amides is 1. The average Bonchev–Trinajstić information content (AvgIpc) is 3.26. The Kier molecular flexibility index (Phi) is 6.70. The Morgan fingerprint density at radius 1 is 1.06 bits per heavy atom. The Morgan fingerprint density at radius 2 is 1.69 bits per heavy atom. The molecule has 0 spiro atoms. The summed E-state index contributed by atoms with van der Waals surface area (Å²) in [6, 6.07) is -0.379. The highest BCUT2D eigenvalue weighted by Gasteiger charge is 2.31. The first-order valence-electron chi connectivity index (χ1n) is 9.84. The number of alkyl halides is 3. The third-order valence-corrected chi connectivity index (χ3v) is 4.97. The SMILES string of the molecule is Cc1cnc(C(=O)NC(CNc2ncc(C(F)(F)F)cn2)C(C)C)c(-n2nccn2)c1C. The molecule has 3 aromatic rings. The summed E-state index contributed by atoms with van der Waals surface area (Å²) < 4.78 is 38.0. The fourth-order valence-corrected chi connectivity index (χ4v) is 2.88. The van der Waals surface area contributed by atoms with Crippen molar-refractivity contribution in [3.05, 3.63) is 53.4 Å². The lowest BCUT2D eigenvalue weighted by Crippen LogP contribution is -2.44. The molecule has 12 heteroatoms. The lowest BCUT2D eigenvalue weighted by molar-refractivity contribution is -0.138. The van der Waals surface area contributed by atoms with Crippen molar-refractivity contribution in [2.45, 2.75) is 39.9 Å². The van der Waals surface area contributed by atoms with Gasteiger partial charge in [-0.3, -0.25) is 4.79 Å². The van der Waals surface area contributed by atoms with Crippen LogP contribution in [0.15, 0.2) is 31.0 Å². The number of halogens is 3. The minimum absolute atomic E-state index is 0.00118. The first kappa shape index (κ1) is 23.1. The number of hydrogen-bond acceptors (Lipinski definition) is 7. The lowest BCUT2D eigenvalue weighted by Gasteiger charge is -2.23. The molecule has 0 aliphatic rings. The van der Waals surface area contributed by atoms with E-state index in [4.69, 9.17) is 0 Å². The molecule has 1 unspecified atom stereocenters. The van der Waals surface area contributed by atoms with Crippen molar-refractivity contribution in [1.82, 2.24) is 35.3 Å². The first-order chi connectivity index (χ1) is 15.1. The van der Waals surface area contributed by atoms with Gasteiger partial charge < -0.3 is 10.6 Å². The van der Waals surface area contributed by atoms with Crippen molar-refractivity contribution in [2.75, 3.05) is 11.9 Å². The monoisotopic (exact) mass is 448 g/mol. The smallest absolute Gasteiger partial charge is 0.352 e. The number of pyridine rings is 1. The van der Waals surface area contributed by atoms with Crippen LogP contribution in [-0.2, 0) is 6.18 Å². The van der Waals surface area contributed by atoms with Crippen LogP contribution in [0.2, 0.25) is 0 Å². The zero-order valence-corrected chi connectivity index (χ0v) is 18.0. The van der Waals surface area contributed by atoms with Gasteiger partial charge in [0, 0.05) is 31.2 Å². The highest BCUT2D eigenvalue weighted by molar-refractivity contribution is 5.96. The van der Waals surface area contributed by atoms with Gasteiger partial charge in [0.05, 0.1) is 18.0 Å². The van der Waals surface area contributed by atoms with Crippen molar-refractivity contribution in [3.8, 4) is 5.69 Å². The molecular formula is C20H23F3N8O. The molecule has 170 valence electrons. The number of rotatable bonds is 7. The van der Waals surface area contributed by atoms with E-state index in [0.29, 0.717) is 18.1 Å². The van der Waals surface area contributed by atoms with Crippen LogP contribution in [0.5, 0.6) is 0 Å². The topological polar surface area (TPSA) is 111 Å². The Morgan fingerprint density at radius 3 is 2.25 bits per heavy atom. The van der Waals surface area contributed by atoms with Gasteiger partial charge in [-0.1, -0.05) is 13.8 Å². The molecule has 32 heavy (non-hydrogen) atoms. The van der Waals surface area contributed by atoms with E-state index in [9.17, 15) is 18.0 Å². The summed E-state index contributed by atoms with van der Waals surface area (Å²) in [7, 11) is 0. The number of hydrogen-bond donors (Lipinski definition) is 2. The molecule has 0 aromatic carbocycles. The second kappa shape index (κ2) is 9.28. The highest BCUT2D eigenvalue weighted by Crippen LogP contribution is 2.28. The van der Waals surface area contributed by atoms with Gasteiger partial charge in [0.2, 0.25) is 5.95 Å². The minimum atomic E-state index is -4.51. The molecule has 0 bridgehead atoms. The third-order valence-electron chi connectivity index (χ3n) is 4.97. The Balaban J connectivity index is 1.76. The van der Waals surface area contributed by atoms with Gasteiger partial charge in [0.25, 0.3) is 5.91 Å². The number of carbonyl (C=O) groups excluding carboxylic acids is 1. The molecule has 3 rings (SSSR count). The summed E-state index contributed by atoms with van der Waals surface area (Å²) in [5.74, 6) is -0.392. The molecule has 3 aromatic heterocycles. The standard InChI is InChI=1S/C20H23F3N8O/c1-11(2)15(10-27-19-25-8-14(9-26-19)20(21,22)23)30-18(32)16-17(31-28-5-6-29-31)13(4)12(3)7-24-16/h5-9,11,15H,10H2,1-4H3,(H,30,32)(H,25,26,27). The lowest BCUT2D eigenvalue weighted by atomic mass is 10.0. The van der Waals surface area contributed by atoms with Gasteiger partial charge in [-0.25, -0.2) is 15.0 Å². The average molecular weight is 448 g/mol. The van der Waals surface area contributed by atoms with Gasteiger partial charge in [-0.05, 0) is 30.9 Å². The van der Waals surface area contributed by atoms with Crippen molar-refractivity contribution >= 4 is 11.9 Å².